The number of fused-ring (bicyclic) bond motifs is 2. The van der Waals surface area contributed by atoms with E-state index in [0.29, 0.717) is 0 Å². The monoisotopic (exact) mass is 774 g/mol. The molecule has 13 heteroatoms. The summed E-state index contributed by atoms with van der Waals surface area (Å²) >= 11 is 0. The van der Waals surface area contributed by atoms with Crippen molar-refractivity contribution in [2.45, 2.75) is 205 Å². The fraction of sp³-hybridized carbons (Fsp3) is 0.919. The zero-order valence-corrected chi connectivity index (χ0v) is 39.3. The van der Waals surface area contributed by atoms with Crippen LogP contribution in [-0.2, 0) is 36.7 Å². The van der Waals surface area contributed by atoms with Crippen LogP contribution in [0.15, 0.2) is 11.6 Å². The lowest BCUT2D eigenvalue weighted by atomic mass is 9.87. The molecule has 0 radical (unpaired) electrons. The average Bonchev–Trinajstić information content (AvgIpc) is 3.32. The van der Waals surface area contributed by atoms with Gasteiger partial charge in [-0.15, -0.1) is 0 Å². The van der Waals surface area contributed by atoms with Gasteiger partial charge in [0.15, 0.2) is 45.3 Å². The number of aliphatic hydroxyl groups excluding tert-OH is 1. The standard InChI is InChI=1S/C37H74O9Si4/c1-34(2,3)47(13,14)41-23-26-30(44-48(15,16)35(4,5)6)32(45-49(17,18)36(7,8)9)33(46-50(19,20)37(10,11)12)31(43-26)29(39)24-21-27-40-22-25(42-27)28(24)38/h21,25-27,29-33,39H,22-23H2,1-20H3/t25?,26?,27-,29-,30+,31+,32?,33?/m1/s1. The number of Topliss-reactive ketones (excluding diaryl/α,β-unsaturated/α-hetero) is 1. The summed E-state index contributed by atoms with van der Waals surface area (Å²) in [6.45, 7) is 45.1. The summed E-state index contributed by atoms with van der Waals surface area (Å²) in [5.41, 5.74) is 0.247. The first-order chi connectivity index (χ1) is 22.1. The highest BCUT2D eigenvalue weighted by Crippen LogP contribution is 2.47. The Kier molecular flexibility index (Phi) is 12.9. The molecule has 2 bridgehead atoms. The summed E-state index contributed by atoms with van der Waals surface area (Å²) in [5, 5.41) is 12.0. The lowest BCUT2D eigenvalue weighted by Crippen LogP contribution is -2.70. The minimum absolute atomic E-state index is 0.0278. The fourth-order valence-electron chi connectivity index (χ4n) is 5.28. The van der Waals surface area contributed by atoms with Gasteiger partial charge in [-0.2, -0.15) is 0 Å². The third-order valence-corrected chi connectivity index (χ3v) is 30.9. The van der Waals surface area contributed by atoms with Gasteiger partial charge < -0.3 is 37.0 Å². The van der Waals surface area contributed by atoms with E-state index in [0.717, 1.165) is 0 Å². The number of hydrogen-bond donors (Lipinski definition) is 1. The number of aliphatic hydroxyl groups is 1. The van der Waals surface area contributed by atoms with Crippen molar-refractivity contribution < 1.29 is 41.8 Å². The van der Waals surface area contributed by atoms with Crippen molar-refractivity contribution in [3.63, 3.8) is 0 Å². The van der Waals surface area contributed by atoms with Crippen LogP contribution >= 0.6 is 0 Å². The van der Waals surface area contributed by atoms with Gasteiger partial charge in [0, 0.05) is 5.57 Å². The molecule has 3 rings (SSSR count). The van der Waals surface area contributed by atoms with E-state index in [1.54, 1.807) is 6.08 Å². The molecule has 9 nitrogen and oxygen atoms in total. The predicted molar refractivity (Wildman–Crippen MR) is 212 cm³/mol. The summed E-state index contributed by atoms with van der Waals surface area (Å²) in [5.74, 6) is -0.281. The number of carbonyl (C=O) groups excluding carboxylic acids is 1. The third kappa shape index (κ3) is 9.42. The van der Waals surface area contributed by atoms with E-state index < -0.39 is 82.3 Å². The van der Waals surface area contributed by atoms with Gasteiger partial charge in [-0.25, -0.2) is 0 Å². The number of ether oxygens (including phenoxy) is 3. The SMILES string of the molecule is CC(C)(C)[Si](C)(C)OCC1O[C@@H]([C@H](O)C2=C[C@@H]3OCC(O3)C2=O)C(O[Si](C)(C)C(C)(C)C)C(O[Si](C)(C)C(C)(C)C)[C@H]1O[Si](C)(C)C(C)(C)C. The van der Waals surface area contributed by atoms with Crippen LogP contribution in [0.2, 0.25) is 72.5 Å². The van der Waals surface area contributed by atoms with Gasteiger partial charge >= 0.3 is 0 Å². The normalized spacial score (nSPS) is 30.1. The molecule has 292 valence electrons. The Bertz CT molecular complexity index is 1240. The van der Waals surface area contributed by atoms with E-state index >= 15 is 0 Å². The zero-order chi connectivity index (χ0) is 38.8. The molecule has 0 saturated carbocycles. The Morgan fingerprint density at radius 1 is 0.680 bits per heavy atom. The van der Waals surface area contributed by atoms with E-state index in [1.807, 2.05) is 0 Å². The van der Waals surface area contributed by atoms with Crippen LogP contribution in [0.1, 0.15) is 83.1 Å². The van der Waals surface area contributed by atoms with Crippen molar-refractivity contribution in [3.05, 3.63) is 11.6 Å². The lowest BCUT2D eigenvalue weighted by Gasteiger charge is -2.56. The Hall–Kier alpha value is -0.0425. The average molecular weight is 775 g/mol. The highest BCUT2D eigenvalue weighted by atomic mass is 28.4. The number of ketones is 1. The summed E-state index contributed by atoms with van der Waals surface area (Å²) in [6.07, 6.45) is -4.50. The maximum Gasteiger partial charge on any atom is 0.192 e. The van der Waals surface area contributed by atoms with Gasteiger partial charge in [0.2, 0.25) is 0 Å². The maximum atomic E-state index is 13.7. The molecule has 0 spiro atoms. The molecular weight excluding hydrogens is 701 g/mol. The first-order valence-electron chi connectivity index (χ1n) is 18.7. The Morgan fingerprint density at radius 3 is 1.54 bits per heavy atom. The van der Waals surface area contributed by atoms with Crippen LogP contribution in [-0.4, -0.2) is 106 Å². The van der Waals surface area contributed by atoms with Gasteiger partial charge in [-0.3, -0.25) is 4.79 Å². The van der Waals surface area contributed by atoms with Crippen molar-refractivity contribution in [3.8, 4) is 0 Å². The van der Waals surface area contributed by atoms with Gasteiger partial charge in [0.25, 0.3) is 0 Å². The molecular formula is C37H74O9Si4. The van der Waals surface area contributed by atoms with Gasteiger partial charge in [-0.05, 0) is 78.6 Å². The van der Waals surface area contributed by atoms with E-state index in [4.69, 9.17) is 31.9 Å². The lowest BCUT2D eigenvalue weighted by molar-refractivity contribution is -0.233. The van der Waals surface area contributed by atoms with E-state index in [-0.39, 0.29) is 44.7 Å². The molecule has 50 heavy (non-hydrogen) atoms. The Morgan fingerprint density at radius 2 is 1.10 bits per heavy atom. The molecule has 8 atom stereocenters. The van der Waals surface area contributed by atoms with Crippen molar-refractivity contribution in [1.82, 2.24) is 0 Å². The van der Waals surface area contributed by atoms with Crippen LogP contribution in [0.4, 0.5) is 0 Å². The topological polar surface area (TPSA) is 102 Å². The van der Waals surface area contributed by atoms with Gasteiger partial charge in [0.05, 0.1) is 13.2 Å². The summed E-state index contributed by atoms with van der Waals surface area (Å²) in [7, 11) is -9.68. The van der Waals surface area contributed by atoms with Crippen LogP contribution in [0, 0.1) is 0 Å². The molecule has 2 fully saturated rings. The first kappa shape index (κ1) is 44.4. The van der Waals surface area contributed by atoms with Gasteiger partial charge in [0.1, 0.15) is 42.7 Å². The van der Waals surface area contributed by atoms with Crippen molar-refractivity contribution in [2.75, 3.05) is 13.2 Å². The molecule has 2 saturated heterocycles. The quantitative estimate of drug-likeness (QED) is 0.207. The fourth-order valence-corrected chi connectivity index (χ4v) is 10.2. The second-order valence-electron chi connectivity index (χ2n) is 21.0. The Labute approximate surface area is 309 Å². The molecule has 1 N–H and O–H groups in total. The second kappa shape index (κ2) is 14.6. The number of rotatable bonds is 11. The van der Waals surface area contributed by atoms with E-state index in [9.17, 15) is 9.90 Å². The van der Waals surface area contributed by atoms with Crippen molar-refractivity contribution in [1.29, 1.82) is 0 Å². The minimum Gasteiger partial charge on any atom is -0.414 e. The third-order valence-electron chi connectivity index (χ3n) is 13.0. The summed E-state index contributed by atoms with van der Waals surface area (Å²) < 4.78 is 47.7. The van der Waals surface area contributed by atoms with Crippen molar-refractivity contribution in [2.24, 2.45) is 0 Å². The van der Waals surface area contributed by atoms with Crippen LogP contribution in [0.3, 0.4) is 0 Å². The molecule has 0 aromatic heterocycles. The second-order valence-corrected chi connectivity index (χ2v) is 40.1. The summed E-state index contributed by atoms with van der Waals surface area (Å²) in [6, 6.07) is 0. The molecule has 0 aromatic carbocycles. The van der Waals surface area contributed by atoms with E-state index in [1.165, 1.54) is 0 Å². The van der Waals surface area contributed by atoms with Crippen LogP contribution in [0.25, 0.3) is 0 Å². The molecule has 4 unspecified atom stereocenters. The minimum atomic E-state index is -2.52. The predicted octanol–water partition coefficient (Wildman–Crippen LogP) is 8.56. The number of carbonyl (C=O) groups is 1. The first-order valence-corrected chi connectivity index (χ1v) is 30.3. The smallest absolute Gasteiger partial charge is 0.192 e. The van der Waals surface area contributed by atoms with Crippen molar-refractivity contribution >= 4 is 39.1 Å². The Balaban J connectivity index is 2.31. The zero-order valence-electron chi connectivity index (χ0n) is 35.3. The summed E-state index contributed by atoms with van der Waals surface area (Å²) in [4.78, 5) is 13.7. The van der Waals surface area contributed by atoms with Crippen LogP contribution < -0.4 is 0 Å². The molecule has 0 amide bonds. The number of hydrogen-bond acceptors (Lipinski definition) is 9. The van der Waals surface area contributed by atoms with Crippen LogP contribution in [0.5, 0.6) is 0 Å². The van der Waals surface area contributed by atoms with E-state index in [2.05, 4.69) is 135 Å². The highest BCUT2D eigenvalue weighted by molar-refractivity contribution is 6.75. The highest BCUT2D eigenvalue weighted by Gasteiger charge is 2.59. The molecule has 3 heterocycles. The molecule has 3 aliphatic heterocycles. The largest absolute Gasteiger partial charge is 0.414 e. The van der Waals surface area contributed by atoms with Gasteiger partial charge in [-0.1, -0.05) is 83.1 Å². The molecule has 0 aromatic rings. The molecule has 3 aliphatic rings. The maximum absolute atomic E-state index is 13.7. The molecule has 0 aliphatic carbocycles.